The molecule has 0 saturated carbocycles. The molecule has 1 aromatic rings. The molecular weight excluding hydrogens is 190 g/mol. The van der Waals surface area contributed by atoms with Crippen LogP contribution >= 0.6 is 0 Å². The lowest BCUT2D eigenvalue weighted by molar-refractivity contribution is 0.229. The van der Waals surface area contributed by atoms with E-state index >= 15 is 0 Å². The van der Waals surface area contributed by atoms with Crippen LogP contribution in [0.1, 0.15) is 5.56 Å². The molecule has 1 aromatic carbocycles. The number of carbonyl (C=O) groups is 1. The van der Waals surface area contributed by atoms with Gasteiger partial charge in [-0.2, -0.15) is 0 Å². The predicted molar refractivity (Wildman–Crippen MR) is 61.0 cm³/mol. The van der Waals surface area contributed by atoms with Gasteiger partial charge in [0.25, 0.3) is 0 Å². The molecule has 1 aliphatic rings. The monoisotopic (exact) mass is 205 g/mol. The third kappa shape index (κ3) is 1.63. The number of nitrogens with two attached hydrogens (primary N) is 1. The largest absolute Gasteiger partial charge is 0.399 e. The molecule has 1 heterocycles. The first-order chi connectivity index (χ1) is 7.09. The second kappa shape index (κ2) is 3.46. The van der Waals surface area contributed by atoms with Crippen molar-refractivity contribution in [3.05, 3.63) is 23.8 Å². The highest BCUT2D eigenvalue weighted by atomic mass is 16.2. The van der Waals surface area contributed by atoms with Crippen molar-refractivity contribution in [3.8, 4) is 0 Å². The van der Waals surface area contributed by atoms with E-state index in [0.29, 0.717) is 0 Å². The van der Waals surface area contributed by atoms with Gasteiger partial charge >= 0.3 is 6.03 Å². The molecular formula is C11H15N3O. The molecule has 2 amide bonds. The van der Waals surface area contributed by atoms with Crippen molar-refractivity contribution in [1.29, 1.82) is 0 Å². The fourth-order valence-corrected chi connectivity index (χ4v) is 1.85. The SMILES string of the molecule is Cc1cc(N)ccc1N1CCN(C)C1=O. The number of carbonyl (C=O) groups excluding carboxylic acids is 1. The Morgan fingerprint density at radius 1 is 1.33 bits per heavy atom. The van der Waals surface area contributed by atoms with Crippen LogP contribution in [0.15, 0.2) is 18.2 Å². The van der Waals surface area contributed by atoms with Crippen molar-refractivity contribution in [2.45, 2.75) is 6.92 Å². The maximum absolute atomic E-state index is 11.8. The van der Waals surface area contributed by atoms with Gasteiger partial charge in [0, 0.05) is 31.5 Å². The minimum absolute atomic E-state index is 0.0582. The minimum atomic E-state index is 0.0582. The van der Waals surface area contributed by atoms with Gasteiger partial charge in [-0.05, 0) is 30.7 Å². The Morgan fingerprint density at radius 2 is 2.07 bits per heavy atom. The van der Waals surface area contributed by atoms with Gasteiger partial charge in [-0.15, -0.1) is 0 Å². The molecule has 4 nitrogen and oxygen atoms in total. The van der Waals surface area contributed by atoms with Gasteiger partial charge in [0.15, 0.2) is 0 Å². The average molecular weight is 205 g/mol. The lowest BCUT2D eigenvalue weighted by Crippen LogP contribution is -2.29. The Balaban J connectivity index is 2.34. The lowest BCUT2D eigenvalue weighted by Gasteiger charge is -2.18. The Morgan fingerprint density at radius 3 is 2.60 bits per heavy atom. The number of nitrogens with zero attached hydrogens (tertiary/aromatic N) is 2. The Hall–Kier alpha value is -1.71. The van der Waals surface area contributed by atoms with E-state index < -0.39 is 0 Å². The van der Waals surface area contributed by atoms with Crippen LogP contribution in [0.25, 0.3) is 0 Å². The third-order valence-corrected chi connectivity index (χ3v) is 2.73. The number of likely N-dealkylation sites (N-methyl/N-ethyl adjacent to an activating group) is 1. The van der Waals surface area contributed by atoms with Crippen molar-refractivity contribution in [2.24, 2.45) is 0 Å². The second-order valence-corrected chi connectivity index (χ2v) is 3.90. The van der Waals surface area contributed by atoms with Gasteiger partial charge in [0.1, 0.15) is 0 Å². The van der Waals surface area contributed by atoms with Crippen molar-refractivity contribution < 1.29 is 4.79 Å². The molecule has 0 aliphatic carbocycles. The highest BCUT2D eigenvalue weighted by molar-refractivity contribution is 5.94. The summed E-state index contributed by atoms with van der Waals surface area (Å²) in [5.41, 5.74) is 8.40. The fourth-order valence-electron chi connectivity index (χ4n) is 1.85. The quantitative estimate of drug-likeness (QED) is 0.705. The summed E-state index contributed by atoms with van der Waals surface area (Å²) in [5, 5.41) is 0. The van der Waals surface area contributed by atoms with E-state index in [9.17, 15) is 4.79 Å². The van der Waals surface area contributed by atoms with Gasteiger partial charge in [-0.3, -0.25) is 4.90 Å². The average Bonchev–Trinajstić information content (AvgIpc) is 2.49. The first-order valence-corrected chi connectivity index (χ1v) is 4.98. The molecule has 0 atom stereocenters. The summed E-state index contributed by atoms with van der Waals surface area (Å²) >= 11 is 0. The number of aryl methyl sites for hydroxylation is 1. The molecule has 1 fully saturated rings. The number of nitrogen functional groups attached to an aromatic ring is 1. The molecule has 1 saturated heterocycles. The Labute approximate surface area is 89.3 Å². The van der Waals surface area contributed by atoms with Gasteiger partial charge in [0.2, 0.25) is 0 Å². The summed E-state index contributed by atoms with van der Waals surface area (Å²) in [7, 11) is 1.81. The third-order valence-electron chi connectivity index (χ3n) is 2.73. The van der Waals surface area contributed by atoms with E-state index in [1.54, 1.807) is 9.80 Å². The lowest BCUT2D eigenvalue weighted by atomic mass is 10.1. The number of benzene rings is 1. The number of hydrogen-bond donors (Lipinski definition) is 1. The normalized spacial score (nSPS) is 16.3. The van der Waals surface area contributed by atoms with Crippen LogP contribution in [0.5, 0.6) is 0 Å². The van der Waals surface area contributed by atoms with Crippen molar-refractivity contribution in [3.63, 3.8) is 0 Å². The highest BCUT2D eigenvalue weighted by Gasteiger charge is 2.27. The molecule has 4 heteroatoms. The Bertz CT molecular complexity index is 403. The highest BCUT2D eigenvalue weighted by Crippen LogP contribution is 2.25. The van der Waals surface area contributed by atoms with Crippen LogP contribution in [0.2, 0.25) is 0 Å². The molecule has 0 spiro atoms. The summed E-state index contributed by atoms with van der Waals surface area (Å²) in [5.74, 6) is 0. The fraction of sp³-hybridized carbons (Fsp3) is 0.364. The minimum Gasteiger partial charge on any atom is -0.399 e. The topological polar surface area (TPSA) is 49.6 Å². The Kier molecular flexibility index (Phi) is 2.26. The molecule has 15 heavy (non-hydrogen) atoms. The zero-order valence-corrected chi connectivity index (χ0v) is 9.03. The van der Waals surface area contributed by atoms with Crippen LogP contribution in [0, 0.1) is 6.92 Å². The summed E-state index contributed by atoms with van der Waals surface area (Å²) in [4.78, 5) is 15.3. The van der Waals surface area contributed by atoms with E-state index in [4.69, 9.17) is 5.73 Å². The zero-order valence-electron chi connectivity index (χ0n) is 9.03. The standard InChI is InChI=1S/C11H15N3O/c1-8-7-9(12)3-4-10(8)14-6-5-13(2)11(14)15/h3-4,7H,5-6,12H2,1-2H3. The smallest absolute Gasteiger partial charge is 0.324 e. The van der Waals surface area contributed by atoms with Crippen LogP contribution in [-0.2, 0) is 0 Å². The molecule has 80 valence electrons. The number of anilines is 2. The van der Waals surface area contributed by atoms with Gasteiger partial charge < -0.3 is 10.6 Å². The van der Waals surface area contributed by atoms with Crippen molar-refractivity contribution in [2.75, 3.05) is 30.8 Å². The van der Waals surface area contributed by atoms with Gasteiger partial charge in [-0.25, -0.2) is 4.79 Å². The second-order valence-electron chi connectivity index (χ2n) is 3.90. The maximum Gasteiger partial charge on any atom is 0.324 e. The summed E-state index contributed by atoms with van der Waals surface area (Å²) in [6.07, 6.45) is 0. The van der Waals surface area contributed by atoms with Crippen molar-refractivity contribution >= 4 is 17.4 Å². The predicted octanol–water partition coefficient (Wildman–Crippen LogP) is 1.45. The maximum atomic E-state index is 11.8. The molecule has 0 aromatic heterocycles. The van der Waals surface area contributed by atoms with Crippen LogP contribution in [0.4, 0.5) is 16.2 Å². The number of hydrogen-bond acceptors (Lipinski definition) is 2. The van der Waals surface area contributed by atoms with E-state index in [0.717, 1.165) is 30.0 Å². The molecule has 0 bridgehead atoms. The van der Waals surface area contributed by atoms with Crippen LogP contribution < -0.4 is 10.6 Å². The van der Waals surface area contributed by atoms with Crippen LogP contribution in [-0.4, -0.2) is 31.1 Å². The van der Waals surface area contributed by atoms with E-state index in [2.05, 4.69) is 0 Å². The first kappa shape index (κ1) is 9.83. The van der Waals surface area contributed by atoms with E-state index in [-0.39, 0.29) is 6.03 Å². The van der Waals surface area contributed by atoms with Gasteiger partial charge in [0.05, 0.1) is 0 Å². The number of urea groups is 1. The number of rotatable bonds is 1. The first-order valence-electron chi connectivity index (χ1n) is 4.98. The molecule has 0 unspecified atom stereocenters. The zero-order chi connectivity index (χ0) is 11.0. The summed E-state index contributed by atoms with van der Waals surface area (Å²) < 4.78 is 0. The molecule has 2 rings (SSSR count). The van der Waals surface area contributed by atoms with E-state index in [1.165, 1.54) is 0 Å². The van der Waals surface area contributed by atoms with Crippen LogP contribution in [0.3, 0.4) is 0 Å². The summed E-state index contributed by atoms with van der Waals surface area (Å²) in [6.45, 7) is 3.50. The van der Waals surface area contributed by atoms with Gasteiger partial charge in [-0.1, -0.05) is 0 Å². The number of amides is 2. The molecule has 1 aliphatic heterocycles. The van der Waals surface area contributed by atoms with Crippen molar-refractivity contribution in [1.82, 2.24) is 4.90 Å². The molecule has 2 N–H and O–H groups in total. The van der Waals surface area contributed by atoms with E-state index in [1.807, 2.05) is 32.2 Å². The molecule has 0 radical (unpaired) electrons. The summed E-state index contributed by atoms with van der Waals surface area (Å²) in [6, 6.07) is 5.68.